The molecule has 0 unspecified atom stereocenters. The average molecular weight is 333 g/mol. The number of hydrogen-bond donors (Lipinski definition) is 0. The molecule has 1 amide bonds. The van der Waals surface area contributed by atoms with Crippen LogP contribution in [0.15, 0.2) is 65.2 Å². The summed E-state index contributed by atoms with van der Waals surface area (Å²) in [7, 11) is 1.70. The van der Waals surface area contributed by atoms with Crippen LogP contribution in [0.3, 0.4) is 0 Å². The first-order valence-corrected chi connectivity index (χ1v) is 7.99. The fraction of sp³-hybridized carbons (Fsp3) is 0.150. The molecule has 0 saturated heterocycles. The first kappa shape index (κ1) is 16.6. The molecule has 0 aliphatic heterocycles. The maximum absolute atomic E-state index is 12.2. The van der Waals surface area contributed by atoms with Crippen molar-refractivity contribution in [1.29, 1.82) is 0 Å². The number of nitrogens with zero attached hydrogens (tertiary/aromatic N) is 3. The molecule has 25 heavy (non-hydrogen) atoms. The van der Waals surface area contributed by atoms with Gasteiger partial charge in [0.05, 0.1) is 6.54 Å². The van der Waals surface area contributed by atoms with Gasteiger partial charge in [-0.3, -0.25) is 4.79 Å². The minimum absolute atomic E-state index is 0.126. The number of aryl methyl sites for hydroxylation is 1. The normalized spacial score (nSPS) is 11.0. The Bertz CT molecular complexity index is 885. The molecule has 0 aliphatic rings. The van der Waals surface area contributed by atoms with Crippen LogP contribution in [0.25, 0.3) is 17.5 Å². The summed E-state index contributed by atoms with van der Waals surface area (Å²) in [6.07, 6.45) is 3.32. The van der Waals surface area contributed by atoms with Crippen LogP contribution in [0.2, 0.25) is 0 Å². The molecule has 0 fully saturated rings. The van der Waals surface area contributed by atoms with E-state index < -0.39 is 0 Å². The second-order valence-electron chi connectivity index (χ2n) is 5.82. The summed E-state index contributed by atoms with van der Waals surface area (Å²) >= 11 is 0. The SMILES string of the molecule is Cc1cccc(-c2noc(CN(C)C(=O)C=Cc3ccccc3)n2)c1. The predicted octanol–water partition coefficient (Wildman–Crippen LogP) is 3.72. The summed E-state index contributed by atoms with van der Waals surface area (Å²) in [6, 6.07) is 17.6. The van der Waals surface area contributed by atoms with Crippen LogP contribution in [-0.2, 0) is 11.3 Å². The molecule has 0 radical (unpaired) electrons. The largest absolute Gasteiger partial charge is 0.337 e. The lowest BCUT2D eigenvalue weighted by Gasteiger charge is -2.11. The van der Waals surface area contributed by atoms with Gasteiger partial charge in [-0.05, 0) is 24.6 Å². The maximum atomic E-state index is 12.2. The average Bonchev–Trinajstić information content (AvgIpc) is 3.09. The second kappa shape index (κ2) is 7.57. The smallest absolute Gasteiger partial charge is 0.246 e. The molecule has 0 aliphatic carbocycles. The van der Waals surface area contributed by atoms with Crippen molar-refractivity contribution in [3.8, 4) is 11.4 Å². The molecule has 0 atom stereocenters. The van der Waals surface area contributed by atoms with Gasteiger partial charge in [0.25, 0.3) is 0 Å². The Kier molecular flexibility index (Phi) is 5.04. The van der Waals surface area contributed by atoms with Gasteiger partial charge in [-0.2, -0.15) is 4.98 Å². The summed E-state index contributed by atoms with van der Waals surface area (Å²) < 4.78 is 5.26. The first-order chi connectivity index (χ1) is 12.1. The molecule has 0 saturated carbocycles. The zero-order valence-electron chi connectivity index (χ0n) is 14.2. The molecule has 2 aromatic carbocycles. The Morgan fingerprint density at radius 2 is 1.96 bits per heavy atom. The third kappa shape index (κ3) is 4.41. The van der Waals surface area contributed by atoms with Gasteiger partial charge in [0.2, 0.25) is 17.6 Å². The molecule has 5 nitrogen and oxygen atoms in total. The fourth-order valence-corrected chi connectivity index (χ4v) is 2.36. The van der Waals surface area contributed by atoms with E-state index in [0.29, 0.717) is 11.7 Å². The van der Waals surface area contributed by atoms with Crippen LogP contribution >= 0.6 is 0 Å². The Labute approximate surface area is 146 Å². The number of carbonyl (C=O) groups excluding carboxylic acids is 1. The quantitative estimate of drug-likeness (QED) is 0.668. The highest BCUT2D eigenvalue weighted by Crippen LogP contribution is 2.17. The first-order valence-electron chi connectivity index (χ1n) is 7.99. The summed E-state index contributed by atoms with van der Waals surface area (Å²) in [6.45, 7) is 2.27. The van der Waals surface area contributed by atoms with Crippen molar-refractivity contribution in [3.05, 3.63) is 77.7 Å². The molecule has 126 valence electrons. The van der Waals surface area contributed by atoms with Crippen LogP contribution in [0, 0.1) is 6.92 Å². The number of carbonyl (C=O) groups is 1. The Balaban J connectivity index is 1.64. The Morgan fingerprint density at radius 3 is 2.72 bits per heavy atom. The Hall–Kier alpha value is -3.21. The molecular formula is C20H19N3O2. The molecule has 0 bridgehead atoms. The van der Waals surface area contributed by atoms with Crippen LogP contribution in [-0.4, -0.2) is 28.0 Å². The van der Waals surface area contributed by atoms with E-state index in [4.69, 9.17) is 4.52 Å². The lowest BCUT2D eigenvalue weighted by Crippen LogP contribution is -2.24. The molecule has 3 rings (SSSR count). The number of aromatic nitrogens is 2. The highest BCUT2D eigenvalue weighted by Gasteiger charge is 2.13. The lowest BCUT2D eigenvalue weighted by molar-refractivity contribution is -0.125. The summed E-state index contributed by atoms with van der Waals surface area (Å²) in [4.78, 5) is 18.1. The van der Waals surface area contributed by atoms with Crippen LogP contribution in [0.4, 0.5) is 0 Å². The third-order valence-corrected chi connectivity index (χ3v) is 3.71. The predicted molar refractivity (Wildman–Crippen MR) is 96.4 cm³/mol. The van der Waals surface area contributed by atoms with Gasteiger partial charge in [0, 0.05) is 18.7 Å². The standard InChI is InChI=1S/C20H19N3O2/c1-15-7-6-10-17(13-15)20-21-18(25-22-20)14-23(2)19(24)12-11-16-8-4-3-5-9-16/h3-13H,14H2,1-2H3. The maximum Gasteiger partial charge on any atom is 0.246 e. The summed E-state index contributed by atoms with van der Waals surface area (Å²) in [5, 5.41) is 3.99. The van der Waals surface area contributed by atoms with E-state index in [0.717, 1.165) is 16.7 Å². The fourth-order valence-electron chi connectivity index (χ4n) is 2.36. The Morgan fingerprint density at radius 1 is 1.16 bits per heavy atom. The molecule has 5 heteroatoms. The van der Waals surface area contributed by atoms with E-state index in [2.05, 4.69) is 10.1 Å². The second-order valence-corrected chi connectivity index (χ2v) is 5.82. The van der Waals surface area contributed by atoms with Crippen LogP contribution < -0.4 is 0 Å². The van der Waals surface area contributed by atoms with Gasteiger partial charge in [-0.15, -0.1) is 0 Å². The van der Waals surface area contributed by atoms with Crippen molar-refractivity contribution < 1.29 is 9.32 Å². The zero-order chi connectivity index (χ0) is 17.6. The third-order valence-electron chi connectivity index (χ3n) is 3.71. The van der Waals surface area contributed by atoms with Gasteiger partial charge in [-0.1, -0.05) is 59.3 Å². The number of benzene rings is 2. The topological polar surface area (TPSA) is 59.2 Å². The molecule has 1 aromatic heterocycles. The summed E-state index contributed by atoms with van der Waals surface area (Å²) in [5.41, 5.74) is 3.00. The molecule has 3 aromatic rings. The molecule has 0 spiro atoms. The minimum atomic E-state index is -0.126. The van der Waals surface area contributed by atoms with E-state index in [1.165, 1.54) is 11.0 Å². The van der Waals surface area contributed by atoms with E-state index in [1.807, 2.05) is 61.5 Å². The van der Waals surface area contributed by atoms with Crippen molar-refractivity contribution in [2.24, 2.45) is 0 Å². The van der Waals surface area contributed by atoms with Gasteiger partial charge in [0.1, 0.15) is 0 Å². The van der Waals surface area contributed by atoms with E-state index in [1.54, 1.807) is 13.1 Å². The van der Waals surface area contributed by atoms with Crippen molar-refractivity contribution in [3.63, 3.8) is 0 Å². The van der Waals surface area contributed by atoms with Gasteiger partial charge < -0.3 is 9.42 Å². The molecule has 1 heterocycles. The van der Waals surface area contributed by atoms with E-state index in [-0.39, 0.29) is 12.5 Å². The lowest BCUT2D eigenvalue weighted by atomic mass is 10.1. The number of rotatable bonds is 5. The zero-order valence-corrected chi connectivity index (χ0v) is 14.2. The summed E-state index contributed by atoms with van der Waals surface area (Å²) in [5.74, 6) is 0.805. The van der Waals surface area contributed by atoms with Crippen molar-refractivity contribution in [2.45, 2.75) is 13.5 Å². The number of likely N-dealkylation sites (N-methyl/N-ethyl adjacent to an activating group) is 1. The molecular weight excluding hydrogens is 314 g/mol. The van der Waals surface area contributed by atoms with Crippen molar-refractivity contribution in [1.82, 2.24) is 15.0 Å². The van der Waals surface area contributed by atoms with Gasteiger partial charge >= 0.3 is 0 Å². The van der Waals surface area contributed by atoms with Gasteiger partial charge in [0.15, 0.2) is 0 Å². The molecule has 0 N–H and O–H groups in total. The van der Waals surface area contributed by atoms with Crippen molar-refractivity contribution in [2.75, 3.05) is 7.05 Å². The van der Waals surface area contributed by atoms with Crippen molar-refractivity contribution >= 4 is 12.0 Å². The highest BCUT2D eigenvalue weighted by atomic mass is 16.5. The van der Waals surface area contributed by atoms with E-state index >= 15 is 0 Å². The number of hydrogen-bond acceptors (Lipinski definition) is 4. The highest BCUT2D eigenvalue weighted by molar-refractivity contribution is 5.91. The number of amides is 1. The van der Waals surface area contributed by atoms with Crippen LogP contribution in [0.1, 0.15) is 17.0 Å². The van der Waals surface area contributed by atoms with Gasteiger partial charge in [-0.25, -0.2) is 0 Å². The minimum Gasteiger partial charge on any atom is -0.337 e. The van der Waals surface area contributed by atoms with E-state index in [9.17, 15) is 4.79 Å². The monoisotopic (exact) mass is 333 g/mol. The van der Waals surface area contributed by atoms with Crippen LogP contribution in [0.5, 0.6) is 0 Å².